The number of hydrogen-bond donors (Lipinski definition) is 1. The standard InChI is InChI=1S/C18H29NO2/c1-3-11-19-17(5-4-12-20-2)8-6-15-7-9-18-16(14-15)10-13-21-18/h7,9,14,17,19H,3-6,8,10-13H2,1-2H3. The molecular formula is C18H29NO2. The van der Waals surface area contributed by atoms with Crippen LogP contribution in [-0.2, 0) is 17.6 Å². The SMILES string of the molecule is CCCNC(CCCOC)CCc1ccc2c(c1)CCO2. The number of ether oxygens (including phenoxy) is 2. The number of hydrogen-bond acceptors (Lipinski definition) is 3. The van der Waals surface area contributed by atoms with E-state index in [1.807, 2.05) is 0 Å². The van der Waals surface area contributed by atoms with E-state index in [4.69, 9.17) is 9.47 Å². The second kappa shape index (κ2) is 9.06. The zero-order valence-corrected chi connectivity index (χ0v) is 13.5. The van der Waals surface area contributed by atoms with Crippen molar-refractivity contribution in [2.75, 3.05) is 26.9 Å². The highest BCUT2D eigenvalue weighted by Gasteiger charge is 2.13. The Morgan fingerprint density at radius 2 is 2.24 bits per heavy atom. The van der Waals surface area contributed by atoms with Crippen molar-refractivity contribution >= 4 is 0 Å². The molecule has 1 unspecified atom stereocenters. The molecule has 0 aromatic heterocycles. The average Bonchev–Trinajstić information content (AvgIpc) is 2.97. The van der Waals surface area contributed by atoms with Gasteiger partial charge in [0.15, 0.2) is 0 Å². The van der Waals surface area contributed by atoms with E-state index in [0.29, 0.717) is 6.04 Å². The van der Waals surface area contributed by atoms with Crippen LogP contribution >= 0.6 is 0 Å². The van der Waals surface area contributed by atoms with Gasteiger partial charge >= 0.3 is 0 Å². The molecule has 0 fully saturated rings. The Balaban J connectivity index is 1.81. The van der Waals surface area contributed by atoms with Gasteiger partial charge in [0.05, 0.1) is 6.61 Å². The molecule has 3 heteroatoms. The van der Waals surface area contributed by atoms with Gasteiger partial charge in [0.2, 0.25) is 0 Å². The normalized spacial score (nSPS) is 14.8. The quantitative estimate of drug-likeness (QED) is 0.671. The maximum atomic E-state index is 5.57. The Labute approximate surface area is 129 Å². The summed E-state index contributed by atoms with van der Waals surface area (Å²) in [4.78, 5) is 0. The van der Waals surface area contributed by atoms with E-state index in [1.54, 1.807) is 7.11 Å². The van der Waals surface area contributed by atoms with Crippen LogP contribution in [0.15, 0.2) is 18.2 Å². The van der Waals surface area contributed by atoms with Gasteiger partial charge in [0, 0.05) is 26.2 Å². The Morgan fingerprint density at radius 3 is 3.05 bits per heavy atom. The van der Waals surface area contributed by atoms with Crippen molar-refractivity contribution in [2.24, 2.45) is 0 Å². The first kappa shape index (κ1) is 16.3. The summed E-state index contributed by atoms with van der Waals surface area (Å²) in [5.41, 5.74) is 2.82. The summed E-state index contributed by atoms with van der Waals surface area (Å²) in [6.07, 6.45) is 6.92. The van der Waals surface area contributed by atoms with Crippen molar-refractivity contribution in [1.82, 2.24) is 5.32 Å². The third-order valence-corrected chi connectivity index (χ3v) is 4.12. The van der Waals surface area contributed by atoms with Gasteiger partial charge in [-0.05, 0) is 55.8 Å². The molecule has 2 rings (SSSR count). The summed E-state index contributed by atoms with van der Waals surface area (Å²) < 4.78 is 10.7. The zero-order valence-electron chi connectivity index (χ0n) is 13.5. The third kappa shape index (κ3) is 5.33. The first-order valence-corrected chi connectivity index (χ1v) is 8.30. The van der Waals surface area contributed by atoms with Crippen LogP contribution in [0, 0.1) is 0 Å². The number of methoxy groups -OCH3 is 1. The smallest absolute Gasteiger partial charge is 0.122 e. The van der Waals surface area contributed by atoms with Crippen LogP contribution in [0.3, 0.4) is 0 Å². The van der Waals surface area contributed by atoms with E-state index < -0.39 is 0 Å². The Bertz CT molecular complexity index is 420. The van der Waals surface area contributed by atoms with Crippen LogP contribution in [0.4, 0.5) is 0 Å². The van der Waals surface area contributed by atoms with E-state index >= 15 is 0 Å². The molecule has 1 N–H and O–H groups in total. The van der Waals surface area contributed by atoms with Crippen LogP contribution in [-0.4, -0.2) is 32.9 Å². The van der Waals surface area contributed by atoms with Gasteiger partial charge in [-0.15, -0.1) is 0 Å². The molecule has 3 nitrogen and oxygen atoms in total. The number of aryl methyl sites for hydroxylation is 1. The summed E-state index contributed by atoms with van der Waals surface area (Å²) in [6.45, 7) is 5.03. The molecule has 118 valence electrons. The summed E-state index contributed by atoms with van der Waals surface area (Å²) in [5.74, 6) is 1.08. The minimum Gasteiger partial charge on any atom is -0.493 e. The lowest BCUT2D eigenvalue weighted by Gasteiger charge is -2.18. The molecular weight excluding hydrogens is 262 g/mol. The Morgan fingerprint density at radius 1 is 1.33 bits per heavy atom. The van der Waals surface area contributed by atoms with Gasteiger partial charge in [0.1, 0.15) is 5.75 Å². The van der Waals surface area contributed by atoms with Crippen molar-refractivity contribution in [3.8, 4) is 5.75 Å². The summed E-state index contributed by atoms with van der Waals surface area (Å²) in [6, 6.07) is 7.28. The van der Waals surface area contributed by atoms with Crippen molar-refractivity contribution in [2.45, 2.75) is 51.5 Å². The molecule has 1 aromatic rings. The van der Waals surface area contributed by atoms with E-state index in [9.17, 15) is 0 Å². The van der Waals surface area contributed by atoms with Gasteiger partial charge in [0.25, 0.3) is 0 Å². The molecule has 0 bridgehead atoms. The molecule has 1 aliphatic rings. The minimum atomic E-state index is 0.601. The molecule has 21 heavy (non-hydrogen) atoms. The molecule has 1 aromatic carbocycles. The third-order valence-electron chi connectivity index (χ3n) is 4.12. The fourth-order valence-electron chi connectivity index (χ4n) is 2.91. The first-order chi connectivity index (χ1) is 10.3. The average molecular weight is 291 g/mol. The van der Waals surface area contributed by atoms with Gasteiger partial charge in [-0.1, -0.05) is 19.1 Å². The highest BCUT2D eigenvalue weighted by atomic mass is 16.5. The lowest BCUT2D eigenvalue weighted by atomic mass is 9.99. The molecule has 0 amide bonds. The number of benzene rings is 1. The predicted molar refractivity (Wildman–Crippen MR) is 87.2 cm³/mol. The Hall–Kier alpha value is -1.06. The summed E-state index contributed by atoms with van der Waals surface area (Å²) in [7, 11) is 1.78. The maximum absolute atomic E-state index is 5.57. The number of nitrogens with one attached hydrogen (secondary N) is 1. The van der Waals surface area contributed by atoms with Crippen LogP contribution in [0.2, 0.25) is 0 Å². The van der Waals surface area contributed by atoms with Gasteiger partial charge in [-0.2, -0.15) is 0 Å². The monoisotopic (exact) mass is 291 g/mol. The fraction of sp³-hybridized carbons (Fsp3) is 0.667. The highest BCUT2D eigenvalue weighted by molar-refractivity contribution is 5.39. The predicted octanol–water partition coefficient (Wildman–Crippen LogP) is 3.35. The number of fused-ring (bicyclic) bond motifs is 1. The van der Waals surface area contributed by atoms with Crippen molar-refractivity contribution in [1.29, 1.82) is 0 Å². The van der Waals surface area contributed by atoms with Gasteiger partial charge in [-0.25, -0.2) is 0 Å². The van der Waals surface area contributed by atoms with Crippen LogP contribution < -0.4 is 10.1 Å². The van der Waals surface area contributed by atoms with E-state index in [2.05, 4.69) is 30.4 Å². The molecule has 1 aliphatic heterocycles. The topological polar surface area (TPSA) is 30.5 Å². The van der Waals surface area contributed by atoms with E-state index in [0.717, 1.165) is 44.8 Å². The lowest BCUT2D eigenvalue weighted by Crippen LogP contribution is -2.30. The molecule has 1 heterocycles. The summed E-state index contributed by atoms with van der Waals surface area (Å²) in [5, 5.41) is 3.67. The molecule has 0 aliphatic carbocycles. The second-order valence-electron chi connectivity index (χ2n) is 5.87. The van der Waals surface area contributed by atoms with Crippen molar-refractivity contribution in [3.05, 3.63) is 29.3 Å². The lowest BCUT2D eigenvalue weighted by molar-refractivity contribution is 0.188. The van der Waals surface area contributed by atoms with Crippen LogP contribution in [0.1, 0.15) is 43.7 Å². The van der Waals surface area contributed by atoms with E-state index in [-0.39, 0.29) is 0 Å². The molecule has 0 radical (unpaired) electrons. The zero-order chi connectivity index (χ0) is 14.9. The van der Waals surface area contributed by atoms with Gasteiger partial charge in [-0.3, -0.25) is 0 Å². The molecule has 0 saturated carbocycles. The fourth-order valence-corrected chi connectivity index (χ4v) is 2.91. The first-order valence-electron chi connectivity index (χ1n) is 8.30. The summed E-state index contributed by atoms with van der Waals surface area (Å²) >= 11 is 0. The molecule has 1 atom stereocenters. The van der Waals surface area contributed by atoms with Crippen LogP contribution in [0.5, 0.6) is 5.75 Å². The largest absolute Gasteiger partial charge is 0.493 e. The Kier molecular flexibility index (Phi) is 7.04. The minimum absolute atomic E-state index is 0.601. The van der Waals surface area contributed by atoms with Crippen molar-refractivity contribution < 1.29 is 9.47 Å². The van der Waals surface area contributed by atoms with Crippen LogP contribution in [0.25, 0.3) is 0 Å². The van der Waals surface area contributed by atoms with Gasteiger partial charge < -0.3 is 14.8 Å². The second-order valence-corrected chi connectivity index (χ2v) is 5.87. The molecule has 0 spiro atoms. The van der Waals surface area contributed by atoms with Crippen molar-refractivity contribution in [3.63, 3.8) is 0 Å². The van der Waals surface area contributed by atoms with E-state index in [1.165, 1.54) is 30.4 Å². The maximum Gasteiger partial charge on any atom is 0.122 e. The highest BCUT2D eigenvalue weighted by Crippen LogP contribution is 2.26. The number of rotatable bonds is 10. The molecule has 0 saturated heterocycles.